The molecule has 1 aliphatic carbocycles. The lowest BCUT2D eigenvalue weighted by Crippen LogP contribution is -2.18. The minimum absolute atomic E-state index is 0.0936. The number of carbonyl (C=O) groups excluding carboxylic acids is 1. The van der Waals surface area contributed by atoms with Gasteiger partial charge in [0.1, 0.15) is 17.0 Å². The fraction of sp³-hybridized carbons (Fsp3) is 0.350. The number of aryl methyl sites for hydroxylation is 1. The van der Waals surface area contributed by atoms with E-state index in [0.717, 1.165) is 45.5 Å². The Kier molecular flexibility index (Phi) is 5.41. The summed E-state index contributed by atoms with van der Waals surface area (Å²) < 4.78 is 6.14. The van der Waals surface area contributed by atoms with E-state index < -0.39 is 0 Å². The zero-order valence-corrected chi connectivity index (χ0v) is 17.4. The number of hydrogen-bond donors (Lipinski definition) is 1. The van der Waals surface area contributed by atoms with Gasteiger partial charge in [0.2, 0.25) is 0 Å². The third-order valence-electron chi connectivity index (χ3n) is 4.80. The topological polar surface area (TPSA) is 64.1 Å². The van der Waals surface area contributed by atoms with Crippen molar-refractivity contribution in [2.75, 3.05) is 11.9 Å². The Hall–Kier alpha value is -1.99. The fourth-order valence-corrected chi connectivity index (χ4v) is 5.31. The number of ether oxygens (including phenoxy) is 1. The van der Waals surface area contributed by atoms with Crippen LogP contribution in [0.4, 0.5) is 11.5 Å². The van der Waals surface area contributed by atoms with Crippen LogP contribution in [0.2, 0.25) is 0 Å². The van der Waals surface area contributed by atoms with Crippen LogP contribution in [0.5, 0.6) is 0 Å². The lowest BCUT2D eigenvalue weighted by molar-refractivity contribution is -0.144. The van der Waals surface area contributed by atoms with Crippen molar-refractivity contribution >= 4 is 55.0 Å². The third-order valence-corrected chi connectivity index (χ3v) is 6.45. The number of halogens is 1. The molecule has 5 nitrogen and oxygen atoms in total. The van der Waals surface area contributed by atoms with Gasteiger partial charge < -0.3 is 10.1 Å². The van der Waals surface area contributed by atoms with Crippen LogP contribution in [-0.4, -0.2) is 22.5 Å². The van der Waals surface area contributed by atoms with E-state index in [-0.39, 0.29) is 5.97 Å². The van der Waals surface area contributed by atoms with Crippen LogP contribution in [-0.2, 0) is 22.4 Å². The number of anilines is 2. The molecule has 0 amide bonds. The molecule has 27 heavy (non-hydrogen) atoms. The Bertz CT molecular complexity index is 989. The molecule has 0 fully saturated rings. The zero-order chi connectivity index (χ0) is 18.8. The highest BCUT2D eigenvalue weighted by molar-refractivity contribution is 9.10. The average Bonchev–Trinajstić information content (AvgIpc) is 3.00. The van der Waals surface area contributed by atoms with Gasteiger partial charge in [-0.1, -0.05) is 22.0 Å². The maximum Gasteiger partial charge on any atom is 0.306 e. The van der Waals surface area contributed by atoms with Crippen molar-refractivity contribution in [1.29, 1.82) is 0 Å². The molecule has 0 saturated carbocycles. The van der Waals surface area contributed by atoms with Gasteiger partial charge in [-0.2, -0.15) is 0 Å². The standard InChI is InChI=1S/C20H20BrN3O2S/c1-2-26-17(25)9-12-6-7-15-16(8-12)27-20-18(15)19(22-11-23-20)24-14-5-3-4-13(21)10-14/h3-5,10-12H,2,6-9H2,1H3,(H,22,23,24). The Morgan fingerprint density at radius 3 is 3.11 bits per heavy atom. The van der Waals surface area contributed by atoms with E-state index >= 15 is 0 Å². The molecular weight excluding hydrogens is 426 g/mol. The Morgan fingerprint density at radius 2 is 2.30 bits per heavy atom. The van der Waals surface area contributed by atoms with Gasteiger partial charge in [-0.05, 0) is 55.9 Å². The summed E-state index contributed by atoms with van der Waals surface area (Å²) in [6.45, 7) is 2.29. The van der Waals surface area contributed by atoms with Crippen LogP contribution in [0.25, 0.3) is 10.2 Å². The van der Waals surface area contributed by atoms with Gasteiger partial charge in [0.15, 0.2) is 0 Å². The van der Waals surface area contributed by atoms with Gasteiger partial charge in [-0.25, -0.2) is 9.97 Å². The number of nitrogens with one attached hydrogen (secondary N) is 1. The van der Waals surface area contributed by atoms with E-state index in [1.807, 2.05) is 31.2 Å². The van der Waals surface area contributed by atoms with Gasteiger partial charge in [0.05, 0.1) is 12.0 Å². The minimum atomic E-state index is -0.0936. The van der Waals surface area contributed by atoms with Crippen LogP contribution in [0.3, 0.4) is 0 Å². The third kappa shape index (κ3) is 3.99. The number of aromatic nitrogens is 2. The molecule has 7 heteroatoms. The number of nitrogens with zero attached hydrogens (tertiary/aromatic N) is 2. The highest BCUT2D eigenvalue weighted by atomic mass is 79.9. The quantitative estimate of drug-likeness (QED) is 0.542. The Balaban J connectivity index is 1.62. The molecule has 1 aliphatic rings. The van der Waals surface area contributed by atoms with E-state index in [9.17, 15) is 4.79 Å². The molecule has 140 valence electrons. The molecule has 2 heterocycles. The summed E-state index contributed by atoms with van der Waals surface area (Å²) in [5.74, 6) is 1.10. The molecule has 0 spiro atoms. The first-order valence-electron chi connectivity index (χ1n) is 9.07. The first-order chi connectivity index (χ1) is 13.1. The van der Waals surface area contributed by atoms with Crippen LogP contribution in [0, 0.1) is 5.92 Å². The van der Waals surface area contributed by atoms with Gasteiger partial charge in [-0.15, -0.1) is 11.3 Å². The number of fused-ring (bicyclic) bond motifs is 3. The number of hydrogen-bond acceptors (Lipinski definition) is 6. The van der Waals surface area contributed by atoms with Crippen molar-refractivity contribution < 1.29 is 9.53 Å². The summed E-state index contributed by atoms with van der Waals surface area (Å²) in [5, 5.41) is 4.55. The summed E-state index contributed by atoms with van der Waals surface area (Å²) in [5.41, 5.74) is 2.31. The second-order valence-electron chi connectivity index (χ2n) is 6.66. The van der Waals surface area contributed by atoms with E-state index in [0.29, 0.717) is 18.9 Å². The molecule has 4 rings (SSSR count). The smallest absolute Gasteiger partial charge is 0.306 e. The molecule has 1 unspecified atom stereocenters. The lowest BCUT2D eigenvalue weighted by Gasteiger charge is -2.21. The van der Waals surface area contributed by atoms with Crippen molar-refractivity contribution in [3.63, 3.8) is 0 Å². The van der Waals surface area contributed by atoms with Crippen LogP contribution in [0.15, 0.2) is 35.1 Å². The Labute approximate surface area is 170 Å². The molecule has 0 bridgehead atoms. The molecule has 3 aromatic rings. The van der Waals surface area contributed by atoms with Crippen LogP contribution < -0.4 is 5.32 Å². The summed E-state index contributed by atoms with van der Waals surface area (Å²) in [4.78, 5) is 23.1. The largest absolute Gasteiger partial charge is 0.466 e. The van der Waals surface area contributed by atoms with E-state index in [1.54, 1.807) is 17.7 Å². The summed E-state index contributed by atoms with van der Waals surface area (Å²) in [6, 6.07) is 8.04. The van der Waals surface area contributed by atoms with Gasteiger partial charge in [-0.3, -0.25) is 4.79 Å². The zero-order valence-electron chi connectivity index (χ0n) is 15.0. The molecule has 2 aromatic heterocycles. The molecule has 0 aliphatic heterocycles. The fourth-order valence-electron chi connectivity index (χ4n) is 3.61. The SMILES string of the molecule is CCOC(=O)CC1CCc2c(sc3ncnc(Nc4cccc(Br)c4)c23)C1. The maximum atomic E-state index is 11.8. The van der Waals surface area contributed by atoms with E-state index in [4.69, 9.17) is 4.74 Å². The molecular formula is C20H20BrN3O2S. The number of esters is 1. The predicted octanol–water partition coefficient (Wildman–Crippen LogP) is 5.26. The number of carbonyl (C=O) groups is 1. The summed E-state index contributed by atoms with van der Waals surface area (Å²) in [6.07, 6.45) is 4.95. The van der Waals surface area contributed by atoms with E-state index in [1.165, 1.54) is 10.4 Å². The second kappa shape index (κ2) is 7.94. The monoisotopic (exact) mass is 445 g/mol. The van der Waals surface area contributed by atoms with Crippen molar-refractivity contribution in [1.82, 2.24) is 9.97 Å². The molecule has 1 N–H and O–H groups in total. The first-order valence-corrected chi connectivity index (χ1v) is 10.7. The number of benzene rings is 1. The second-order valence-corrected chi connectivity index (χ2v) is 8.66. The summed E-state index contributed by atoms with van der Waals surface area (Å²) >= 11 is 5.23. The normalized spacial score (nSPS) is 16.1. The average molecular weight is 446 g/mol. The van der Waals surface area contributed by atoms with E-state index in [2.05, 4.69) is 31.2 Å². The molecule has 1 aromatic carbocycles. The van der Waals surface area contributed by atoms with Crippen molar-refractivity contribution in [2.45, 2.75) is 32.6 Å². The predicted molar refractivity (Wildman–Crippen MR) is 112 cm³/mol. The lowest BCUT2D eigenvalue weighted by atomic mass is 9.86. The highest BCUT2D eigenvalue weighted by Gasteiger charge is 2.26. The number of rotatable bonds is 5. The summed E-state index contributed by atoms with van der Waals surface area (Å²) in [7, 11) is 0. The highest BCUT2D eigenvalue weighted by Crippen LogP contribution is 2.41. The molecule has 0 saturated heterocycles. The van der Waals surface area contributed by atoms with Crippen LogP contribution in [0.1, 0.15) is 30.2 Å². The van der Waals surface area contributed by atoms with Crippen molar-refractivity contribution in [3.05, 3.63) is 45.5 Å². The van der Waals surface area contributed by atoms with Crippen LogP contribution >= 0.6 is 27.3 Å². The van der Waals surface area contributed by atoms with Crippen molar-refractivity contribution in [3.8, 4) is 0 Å². The van der Waals surface area contributed by atoms with Gasteiger partial charge in [0.25, 0.3) is 0 Å². The Morgan fingerprint density at radius 1 is 1.41 bits per heavy atom. The molecule has 0 radical (unpaired) electrons. The first kappa shape index (κ1) is 18.4. The van der Waals surface area contributed by atoms with Crippen molar-refractivity contribution in [2.24, 2.45) is 5.92 Å². The van der Waals surface area contributed by atoms with Gasteiger partial charge in [0, 0.05) is 21.5 Å². The van der Waals surface area contributed by atoms with Gasteiger partial charge >= 0.3 is 5.97 Å². The molecule has 1 atom stereocenters. The maximum absolute atomic E-state index is 11.8. The number of thiophene rings is 1. The minimum Gasteiger partial charge on any atom is -0.466 e.